The predicted octanol–water partition coefficient (Wildman–Crippen LogP) is 6.53. The van der Waals surface area contributed by atoms with Crippen LogP contribution in [0, 0.1) is 36.9 Å². The van der Waals surface area contributed by atoms with Crippen LogP contribution in [0.25, 0.3) is 22.0 Å². The first-order chi connectivity index (χ1) is 12.8. The van der Waals surface area contributed by atoms with E-state index in [1.54, 1.807) is 0 Å². The van der Waals surface area contributed by atoms with Gasteiger partial charge in [-0.1, -0.05) is 37.6 Å². The number of aromatic amines is 1. The zero-order valence-electron chi connectivity index (χ0n) is 16.2. The molecule has 3 nitrogen and oxygen atoms in total. The first-order valence-corrected chi connectivity index (χ1v) is 9.88. The first-order valence-electron chi connectivity index (χ1n) is 9.10. The number of hydrogen-bond acceptors (Lipinski definition) is 3. The van der Waals surface area contributed by atoms with Crippen LogP contribution in [0.5, 0.6) is 0 Å². The van der Waals surface area contributed by atoms with Gasteiger partial charge < -0.3 is 4.98 Å². The summed E-state index contributed by atoms with van der Waals surface area (Å²) in [7, 11) is 0. The molecule has 1 heterocycles. The minimum atomic E-state index is 0.416. The number of halogens is 1. The SMILES string of the molecule is CCc1c(-c2ccc(C)c(C)c2C#N)c(Cl)c2nc(=S)[nH]c(C)c2c1CC. The van der Waals surface area contributed by atoms with Crippen LogP contribution < -0.4 is 0 Å². The average Bonchev–Trinajstić information content (AvgIpc) is 2.64. The summed E-state index contributed by atoms with van der Waals surface area (Å²) in [6.07, 6.45) is 1.67. The van der Waals surface area contributed by atoms with Gasteiger partial charge >= 0.3 is 0 Å². The molecule has 1 aromatic heterocycles. The number of nitrogens with one attached hydrogen (secondary N) is 1. The third kappa shape index (κ3) is 3.05. The molecule has 3 aromatic rings. The van der Waals surface area contributed by atoms with E-state index in [-0.39, 0.29) is 0 Å². The zero-order chi connectivity index (χ0) is 19.9. The fourth-order valence-electron chi connectivity index (χ4n) is 3.90. The maximum atomic E-state index is 9.84. The number of fused-ring (bicyclic) bond motifs is 1. The van der Waals surface area contributed by atoms with Crippen LogP contribution in [0.1, 0.15) is 47.4 Å². The molecule has 0 saturated carbocycles. The van der Waals surface area contributed by atoms with Crippen LogP contribution in [0.15, 0.2) is 12.1 Å². The van der Waals surface area contributed by atoms with E-state index in [0.717, 1.165) is 46.2 Å². The third-order valence-corrected chi connectivity index (χ3v) is 5.90. The van der Waals surface area contributed by atoms with E-state index in [1.165, 1.54) is 11.1 Å². The van der Waals surface area contributed by atoms with E-state index in [4.69, 9.17) is 23.8 Å². The lowest BCUT2D eigenvalue weighted by atomic mass is 9.85. The molecule has 0 fully saturated rings. The highest BCUT2D eigenvalue weighted by Crippen LogP contribution is 2.42. The molecule has 0 atom stereocenters. The molecular weight excluding hydrogens is 374 g/mol. The molecule has 0 aliphatic heterocycles. The van der Waals surface area contributed by atoms with Gasteiger partial charge in [-0.15, -0.1) is 0 Å². The molecule has 0 bridgehead atoms. The van der Waals surface area contributed by atoms with Crippen molar-refractivity contribution in [3.8, 4) is 17.2 Å². The minimum absolute atomic E-state index is 0.416. The topological polar surface area (TPSA) is 52.5 Å². The Balaban J connectivity index is 2.60. The summed E-state index contributed by atoms with van der Waals surface area (Å²) >= 11 is 12.2. The molecule has 1 N–H and O–H groups in total. The van der Waals surface area contributed by atoms with Crippen LogP contribution in [-0.2, 0) is 12.8 Å². The lowest BCUT2D eigenvalue weighted by molar-refractivity contribution is 1.04. The fourth-order valence-corrected chi connectivity index (χ4v) is 4.49. The Kier molecular flexibility index (Phi) is 5.37. The summed E-state index contributed by atoms with van der Waals surface area (Å²) in [5.74, 6) is 0. The number of hydrogen-bond donors (Lipinski definition) is 1. The second-order valence-corrected chi connectivity index (χ2v) is 7.55. The van der Waals surface area contributed by atoms with Gasteiger partial charge in [-0.2, -0.15) is 5.26 Å². The smallest absolute Gasteiger partial charge is 0.197 e. The summed E-state index contributed by atoms with van der Waals surface area (Å²) in [5, 5.41) is 11.4. The number of aromatic nitrogens is 2. The number of H-pyrrole nitrogens is 1. The number of aryl methyl sites for hydroxylation is 3. The van der Waals surface area contributed by atoms with E-state index < -0.39 is 0 Å². The average molecular weight is 396 g/mol. The van der Waals surface area contributed by atoms with Crippen molar-refractivity contribution < 1.29 is 0 Å². The van der Waals surface area contributed by atoms with E-state index >= 15 is 0 Å². The minimum Gasteiger partial charge on any atom is -0.334 e. The molecule has 0 amide bonds. The van der Waals surface area contributed by atoms with Crippen molar-refractivity contribution in [1.82, 2.24) is 9.97 Å². The first kappa shape index (κ1) is 19.5. The summed E-state index contributed by atoms with van der Waals surface area (Å²) in [5.41, 5.74) is 8.61. The van der Waals surface area contributed by atoms with Gasteiger partial charge in [0.1, 0.15) is 6.07 Å². The fraction of sp³-hybridized carbons (Fsp3) is 0.318. The third-order valence-electron chi connectivity index (χ3n) is 5.34. The molecule has 27 heavy (non-hydrogen) atoms. The largest absolute Gasteiger partial charge is 0.334 e. The van der Waals surface area contributed by atoms with Crippen molar-refractivity contribution in [3.63, 3.8) is 0 Å². The summed E-state index contributed by atoms with van der Waals surface area (Å²) in [6, 6.07) is 6.44. The monoisotopic (exact) mass is 395 g/mol. The highest BCUT2D eigenvalue weighted by atomic mass is 35.5. The molecule has 0 aliphatic carbocycles. The van der Waals surface area contributed by atoms with Crippen molar-refractivity contribution in [2.45, 2.75) is 47.5 Å². The number of nitrogens with zero attached hydrogens (tertiary/aromatic N) is 2. The van der Waals surface area contributed by atoms with Crippen molar-refractivity contribution in [1.29, 1.82) is 5.26 Å². The number of nitriles is 1. The van der Waals surface area contributed by atoms with Crippen molar-refractivity contribution in [2.75, 3.05) is 0 Å². The molecule has 2 aromatic carbocycles. The van der Waals surface area contributed by atoms with Crippen LogP contribution in [0.4, 0.5) is 0 Å². The van der Waals surface area contributed by atoms with Crippen molar-refractivity contribution in [2.24, 2.45) is 0 Å². The molecule has 0 aliphatic rings. The van der Waals surface area contributed by atoms with Gasteiger partial charge in [0.25, 0.3) is 0 Å². The predicted molar refractivity (Wildman–Crippen MR) is 115 cm³/mol. The highest BCUT2D eigenvalue weighted by Gasteiger charge is 2.23. The van der Waals surface area contributed by atoms with E-state index in [0.29, 0.717) is 20.9 Å². The maximum Gasteiger partial charge on any atom is 0.197 e. The van der Waals surface area contributed by atoms with Crippen LogP contribution in [-0.4, -0.2) is 9.97 Å². The van der Waals surface area contributed by atoms with Gasteiger partial charge in [0.2, 0.25) is 0 Å². The Morgan fingerprint density at radius 1 is 1.15 bits per heavy atom. The van der Waals surface area contributed by atoms with Gasteiger partial charge in [-0.05, 0) is 68.1 Å². The van der Waals surface area contributed by atoms with Gasteiger partial charge in [-0.25, -0.2) is 4.98 Å². The normalized spacial score (nSPS) is 11.0. The number of rotatable bonds is 3. The molecule has 138 valence electrons. The molecule has 0 radical (unpaired) electrons. The summed E-state index contributed by atoms with van der Waals surface area (Å²) in [6.45, 7) is 10.3. The van der Waals surface area contributed by atoms with Crippen LogP contribution in [0.2, 0.25) is 5.02 Å². The Hall–Kier alpha value is -2.22. The van der Waals surface area contributed by atoms with E-state index in [2.05, 4.69) is 29.9 Å². The molecule has 5 heteroatoms. The van der Waals surface area contributed by atoms with Gasteiger partial charge in [0.05, 0.1) is 16.1 Å². The lowest BCUT2D eigenvalue weighted by Crippen LogP contribution is -2.04. The Bertz CT molecular complexity index is 1170. The number of benzene rings is 2. The van der Waals surface area contributed by atoms with Crippen LogP contribution >= 0.6 is 23.8 Å². The Morgan fingerprint density at radius 3 is 2.41 bits per heavy atom. The summed E-state index contributed by atoms with van der Waals surface area (Å²) < 4.78 is 0.416. The second-order valence-electron chi connectivity index (χ2n) is 6.79. The molecular formula is C22H22ClN3S. The standard InChI is InChI=1S/C22H22ClN3S/c1-6-14-15(7-2)19(16-9-8-11(3)12(4)17(16)10-24)20(23)21-18(14)13(5)25-22(27)26-21/h8-9H,6-7H2,1-5H3,(H,25,26,27). The van der Waals surface area contributed by atoms with E-state index in [1.807, 2.05) is 32.9 Å². The second kappa shape index (κ2) is 7.42. The maximum absolute atomic E-state index is 9.84. The molecule has 0 unspecified atom stereocenters. The van der Waals surface area contributed by atoms with E-state index in [9.17, 15) is 5.26 Å². The molecule has 3 rings (SSSR count). The van der Waals surface area contributed by atoms with Gasteiger partial charge in [0.15, 0.2) is 4.77 Å². The van der Waals surface area contributed by atoms with Gasteiger partial charge in [0, 0.05) is 22.2 Å². The van der Waals surface area contributed by atoms with Gasteiger partial charge in [-0.3, -0.25) is 0 Å². The quantitative estimate of drug-likeness (QED) is 0.512. The lowest BCUT2D eigenvalue weighted by Gasteiger charge is -2.21. The Labute approximate surface area is 170 Å². The summed E-state index contributed by atoms with van der Waals surface area (Å²) in [4.78, 5) is 7.70. The Morgan fingerprint density at radius 2 is 1.81 bits per heavy atom. The van der Waals surface area contributed by atoms with Crippen LogP contribution in [0.3, 0.4) is 0 Å². The van der Waals surface area contributed by atoms with Crippen molar-refractivity contribution >= 4 is 34.7 Å². The molecule has 0 saturated heterocycles. The van der Waals surface area contributed by atoms with Crippen molar-refractivity contribution in [3.05, 3.63) is 55.4 Å². The molecule has 0 spiro atoms. The zero-order valence-corrected chi connectivity index (χ0v) is 17.8. The highest BCUT2D eigenvalue weighted by molar-refractivity contribution is 7.71.